The first kappa shape index (κ1) is 22.6. The molecule has 1 aliphatic rings. The molecule has 4 aromatic rings. The number of esters is 1. The van der Waals surface area contributed by atoms with Gasteiger partial charge in [0.05, 0.1) is 12.3 Å². The van der Waals surface area contributed by atoms with Crippen LogP contribution in [-0.2, 0) is 11.2 Å². The van der Waals surface area contributed by atoms with Gasteiger partial charge in [-0.1, -0.05) is 23.7 Å². The zero-order chi connectivity index (χ0) is 24.5. The van der Waals surface area contributed by atoms with Crippen LogP contribution in [0.2, 0.25) is 5.02 Å². The topological polar surface area (TPSA) is 86.4 Å². The number of anilines is 1. The summed E-state index contributed by atoms with van der Waals surface area (Å²) in [6.45, 7) is 2.29. The number of rotatable bonds is 5. The van der Waals surface area contributed by atoms with Crippen LogP contribution in [0.15, 0.2) is 77.7 Å². The molecule has 1 amide bonds. The number of nitrogens with zero attached hydrogens (tertiary/aromatic N) is 4. The third kappa shape index (κ3) is 4.13. The highest BCUT2D eigenvalue weighted by molar-refractivity contribution is 6.30. The maximum Gasteiger partial charge on any atom is 0.359 e. The molecule has 0 radical (unpaired) electrons. The fourth-order valence-electron chi connectivity index (χ4n) is 4.20. The lowest BCUT2D eigenvalue weighted by atomic mass is 10.0. The number of halogens is 1. The molecule has 3 heterocycles. The van der Waals surface area contributed by atoms with Crippen molar-refractivity contribution in [3.05, 3.63) is 105 Å². The quantitative estimate of drug-likeness (QED) is 0.395. The second kappa shape index (κ2) is 9.23. The fourth-order valence-corrected chi connectivity index (χ4v) is 4.38. The maximum absolute atomic E-state index is 13.7. The number of carbonyl (C=O) groups excluding carboxylic acids is 2. The van der Waals surface area contributed by atoms with Crippen molar-refractivity contribution in [3.63, 3.8) is 0 Å². The van der Waals surface area contributed by atoms with Gasteiger partial charge in [-0.25, -0.2) is 9.48 Å². The van der Waals surface area contributed by atoms with Crippen molar-refractivity contribution in [2.45, 2.75) is 13.3 Å². The molecule has 0 spiro atoms. The zero-order valence-corrected chi connectivity index (χ0v) is 19.6. The average molecular weight is 489 g/mol. The SMILES string of the molecule is CCOC(=O)c1nn(-c2cccc(Cl)c2)c2c1CCN(c1ccc(-n3ccccc3=O)cc1)C2=O. The molecule has 176 valence electrons. The predicted octanol–water partition coefficient (Wildman–Crippen LogP) is 4.06. The van der Waals surface area contributed by atoms with Crippen LogP contribution in [0, 0.1) is 0 Å². The summed E-state index contributed by atoms with van der Waals surface area (Å²) in [5.41, 5.74) is 2.77. The van der Waals surface area contributed by atoms with Crippen LogP contribution < -0.4 is 10.5 Å². The van der Waals surface area contributed by atoms with E-state index < -0.39 is 5.97 Å². The summed E-state index contributed by atoms with van der Waals surface area (Å²) in [7, 11) is 0. The molecule has 9 heteroatoms. The highest BCUT2D eigenvalue weighted by Crippen LogP contribution is 2.30. The molecule has 1 aliphatic heterocycles. The molecular formula is C26H21ClN4O4. The zero-order valence-electron chi connectivity index (χ0n) is 18.8. The van der Waals surface area contributed by atoms with Gasteiger partial charge in [0.15, 0.2) is 5.69 Å². The number of benzene rings is 2. The Hall–Kier alpha value is -4.17. The minimum absolute atomic E-state index is 0.133. The van der Waals surface area contributed by atoms with Crippen molar-refractivity contribution in [2.24, 2.45) is 0 Å². The van der Waals surface area contributed by atoms with Crippen molar-refractivity contribution >= 4 is 29.2 Å². The smallest absolute Gasteiger partial charge is 0.359 e. The number of hydrogen-bond donors (Lipinski definition) is 0. The average Bonchev–Trinajstić information content (AvgIpc) is 3.26. The summed E-state index contributed by atoms with van der Waals surface area (Å²) < 4.78 is 8.17. The number of amides is 1. The molecule has 0 saturated heterocycles. The van der Waals surface area contributed by atoms with E-state index >= 15 is 0 Å². The van der Waals surface area contributed by atoms with Crippen molar-refractivity contribution in [2.75, 3.05) is 18.1 Å². The minimum atomic E-state index is -0.566. The highest BCUT2D eigenvalue weighted by Gasteiger charge is 2.35. The lowest BCUT2D eigenvalue weighted by Crippen LogP contribution is -2.39. The molecular weight excluding hydrogens is 468 g/mol. The van der Waals surface area contributed by atoms with Crippen molar-refractivity contribution in [1.29, 1.82) is 0 Å². The second-order valence-electron chi connectivity index (χ2n) is 7.92. The molecule has 8 nitrogen and oxygen atoms in total. The lowest BCUT2D eigenvalue weighted by molar-refractivity contribution is 0.0517. The Morgan fingerprint density at radius 2 is 1.77 bits per heavy atom. The van der Waals surface area contributed by atoms with Crippen LogP contribution in [0.1, 0.15) is 33.5 Å². The molecule has 0 N–H and O–H groups in total. The van der Waals surface area contributed by atoms with Gasteiger partial charge in [-0.15, -0.1) is 0 Å². The number of fused-ring (bicyclic) bond motifs is 1. The Kier molecular flexibility index (Phi) is 5.96. The van der Waals surface area contributed by atoms with Crippen LogP contribution in [0.3, 0.4) is 0 Å². The summed E-state index contributed by atoms with van der Waals surface area (Å²) in [6.07, 6.45) is 2.12. The molecule has 5 rings (SSSR count). The molecule has 35 heavy (non-hydrogen) atoms. The molecule has 2 aromatic heterocycles. The van der Waals surface area contributed by atoms with Crippen LogP contribution in [-0.4, -0.2) is 39.4 Å². The van der Waals surface area contributed by atoms with Crippen LogP contribution in [0.4, 0.5) is 5.69 Å². The molecule has 0 bridgehead atoms. The summed E-state index contributed by atoms with van der Waals surface area (Å²) in [6, 6.07) is 19.1. The van der Waals surface area contributed by atoms with E-state index in [0.29, 0.717) is 46.3 Å². The second-order valence-corrected chi connectivity index (χ2v) is 8.36. The van der Waals surface area contributed by atoms with Crippen molar-refractivity contribution in [1.82, 2.24) is 14.3 Å². The van der Waals surface area contributed by atoms with Gasteiger partial charge >= 0.3 is 5.97 Å². The van der Waals surface area contributed by atoms with Gasteiger partial charge in [0.1, 0.15) is 5.69 Å². The van der Waals surface area contributed by atoms with E-state index in [0.717, 1.165) is 0 Å². The number of pyridine rings is 1. The number of ether oxygens (including phenoxy) is 1. The van der Waals surface area contributed by atoms with E-state index in [1.165, 1.54) is 15.3 Å². The first-order chi connectivity index (χ1) is 17.0. The third-order valence-corrected chi connectivity index (χ3v) is 6.04. The molecule has 0 saturated carbocycles. The summed E-state index contributed by atoms with van der Waals surface area (Å²) >= 11 is 6.18. The van der Waals surface area contributed by atoms with E-state index in [9.17, 15) is 14.4 Å². The lowest BCUT2D eigenvalue weighted by Gasteiger charge is -2.28. The first-order valence-electron chi connectivity index (χ1n) is 11.1. The van der Waals surface area contributed by atoms with Gasteiger partial charge in [-0.2, -0.15) is 5.10 Å². The van der Waals surface area contributed by atoms with E-state index in [1.54, 1.807) is 78.7 Å². The van der Waals surface area contributed by atoms with Gasteiger partial charge in [-0.05, 0) is 61.9 Å². The molecule has 0 fully saturated rings. The molecule has 2 aromatic carbocycles. The van der Waals surface area contributed by atoms with Crippen molar-refractivity contribution < 1.29 is 14.3 Å². The molecule has 0 atom stereocenters. The highest BCUT2D eigenvalue weighted by atomic mass is 35.5. The Morgan fingerprint density at radius 3 is 2.49 bits per heavy atom. The minimum Gasteiger partial charge on any atom is -0.461 e. The van der Waals surface area contributed by atoms with Crippen molar-refractivity contribution in [3.8, 4) is 11.4 Å². The summed E-state index contributed by atoms with van der Waals surface area (Å²) in [5.74, 6) is -0.859. The van der Waals surface area contributed by atoms with Crippen LogP contribution >= 0.6 is 11.6 Å². The number of carbonyl (C=O) groups is 2. The summed E-state index contributed by atoms with van der Waals surface area (Å²) in [4.78, 5) is 40.1. The third-order valence-electron chi connectivity index (χ3n) is 5.80. The van der Waals surface area contributed by atoms with Gasteiger partial charge in [-0.3, -0.25) is 14.2 Å². The Labute approximate surface area is 205 Å². The normalized spacial score (nSPS) is 13.0. The van der Waals surface area contributed by atoms with E-state index in [-0.39, 0.29) is 23.8 Å². The first-order valence-corrected chi connectivity index (χ1v) is 11.5. The van der Waals surface area contributed by atoms with Gasteiger partial charge in [0, 0.05) is 40.8 Å². The Bertz CT molecular complexity index is 1490. The molecule has 0 unspecified atom stereocenters. The summed E-state index contributed by atoms with van der Waals surface area (Å²) in [5, 5.41) is 4.94. The fraction of sp³-hybridized carbons (Fsp3) is 0.154. The number of aromatic nitrogens is 3. The number of hydrogen-bond acceptors (Lipinski definition) is 5. The predicted molar refractivity (Wildman–Crippen MR) is 132 cm³/mol. The van der Waals surface area contributed by atoms with Gasteiger partial charge in [0.2, 0.25) is 0 Å². The van der Waals surface area contributed by atoms with E-state index in [4.69, 9.17) is 16.3 Å². The maximum atomic E-state index is 13.7. The standard InChI is InChI=1S/C26H21ClN4O4/c1-2-35-26(34)23-21-13-15-30(19-11-9-18(10-12-19)29-14-4-3-8-22(29)32)25(33)24(21)31(28-23)20-7-5-6-17(27)16-20/h3-12,14,16H,2,13,15H2,1H3. The Balaban J connectivity index is 1.55. The van der Waals surface area contributed by atoms with Crippen LogP contribution in [0.5, 0.6) is 0 Å². The molecule has 0 aliphatic carbocycles. The van der Waals surface area contributed by atoms with Gasteiger partial charge in [0.25, 0.3) is 11.5 Å². The van der Waals surface area contributed by atoms with E-state index in [1.807, 2.05) is 0 Å². The van der Waals surface area contributed by atoms with E-state index in [2.05, 4.69) is 5.10 Å². The largest absolute Gasteiger partial charge is 0.461 e. The van der Waals surface area contributed by atoms with Gasteiger partial charge < -0.3 is 9.64 Å². The monoisotopic (exact) mass is 488 g/mol. The van der Waals surface area contributed by atoms with Crippen LogP contribution in [0.25, 0.3) is 11.4 Å². The Morgan fingerprint density at radius 1 is 1.00 bits per heavy atom.